The summed E-state index contributed by atoms with van der Waals surface area (Å²) in [5.74, 6) is 0.409. The molecule has 6 nitrogen and oxygen atoms in total. The Bertz CT molecular complexity index is 581. The van der Waals surface area contributed by atoms with Crippen LogP contribution in [-0.4, -0.2) is 44.7 Å². The van der Waals surface area contributed by atoms with Crippen LogP contribution in [0.1, 0.15) is 24.8 Å². The van der Waals surface area contributed by atoms with E-state index in [0.717, 1.165) is 31.5 Å². The molecule has 2 rings (SSSR count). The third-order valence-electron chi connectivity index (χ3n) is 3.65. The van der Waals surface area contributed by atoms with E-state index in [4.69, 9.17) is 5.73 Å². The maximum absolute atomic E-state index is 11.9. The van der Waals surface area contributed by atoms with Crippen molar-refractivity contribution in [3.05, 3.63) is 35.9 Å². The molecule has 122 valence electrons. The van der Waals surface area contributed by atoms with Crippen LogP contribution in [0.2, 0.25) is 0 Å². The van der Waals surface area contributed by atoms with Gasteiger partial charge in [-0.1, -0.05) is 30.3 Å². The van der Waals surface area contributed by atoms with Gasteiger partial charge in [-0.05, 0) is 24.8 Å². The molecule has 7 heteroatoms. The van der Waals surface area contributed by atoms with Gasteiger partial charge in [0.05, 0.1) is 12.3 Å². The van der Waals surface area contributed by atoms with Crippen LogP contribution in [0.5, 0.6) is 0 Å². The van der Waals surface area contributed by atoms with Crippen molar-refractivity contribution in [2.75, 3.05) is 25.4 Å². The Kier molecular flexibility index (Phi) is 6.21. The van der Waals surface area contributed by atoms with E-state index in [9.17, 15) is 8.42 Å². The molecule has 0 aliphatic carbocycles. The number of nitrogens with zero attached hydrogens (tertiary/aromatic N) is 2. The molecule has 1 aliphatic heterocycles. The Labute approximate surface area is 132 Å². The summed E-state index contributed by atoms with van der Waals surface area (Å²) in [6.07, 6.45) is 3.46. The van der Waals surface area contributed by atoms with Crippen molar-refractivity contribution in [3.8, 4) is 0 Å². The molecule has 1 heterocycles. The van der Waals surface area contributed by atoms with Crippen LogP contribution < -0.4 is 10.5 Å². The van der Waals surface area contributed by atoms with Gasteiger partial charge in [0.25, 0.3) is 0 Å². The van der Waals surface area contributed by atoms with Crippen molar-refractivity contribution < 1.29 is 8.42 Å². The molecule has 1 aromatic rings. The highest BCUT2D eigenvalue weighted by Crippen LogP contribution is 2.07. The molecule has 1 aromatic carbocycles. The Morgan fingerprint density at radius 3 is 2.55 bits per heavy atom. The van der Waals surface area contributed by atoms with E-state index < -0.39 is 10.0 Å². The van der Waals surface area contributed by atoms with Gasteiger partial charge >= 0.3 is 0 Å². The number of piperidine rings is 1. The molecule has 0 radical (unpaired) electrons. The zero-order valence-electron chi connectivity index (χ0n) is 12.7. The normalized spacial score (nSPS) is 16.7. The van der Waals surface area contributed by atoms with Gasteiger partial charge in [-0.15, -0.1) is 0 Å². The second-order valence-corrected chi connectivity index (χ2v) is 7.34. The number of guanidine groups is 1. The average molecular weight is 324 g/mol. The molecule has 0 spiro atoms. The van der Waals surface area contributed by atoms with Crippen LogP contribution >= 0.6 is 0 Å². The summed E-state index contributed by atoms with van der Waals surface area (Å²) in [4.78, 5) is 6.21. The zero-order valence-corrected chi connectivity index (χ0v) is 13.6. The first kappa shape index (κ1) is 16.8. The summed E-state index contributed by atoms with van der Waals surface area (Å²) in [5, 5.41) is 0. The fourth-order valence-corrected chi connectivity index (χ4v) is 3.23. The Morgan fingerprint density at radius 2 is 1.86 bits per heavy atom. The van der Waals surface area contributed by atoms with Gasteiger partial charge in [0.15, 0.2) is 5.96 Å². The number of nitrogens with one attached hydrogen (secondary N) is 1. The van der Waals surface area contributed by atoms with E-state index in [1.807, 2.05) is 35.2 Å². The summed E-state index contributed by atoms with van der Waals surface area (Å²) in [7, 11) is -3.34. The zero-order chi connectivity index (χ0) is 15.8. The number of sulfonamides is 1. The van der Waals surface area contributed by atoms with Crippen LogP contribution in [0, 0.1) is 0 Å². The van der Waals surface area contributed by atoms with Crippen LogP contribution in [0.25, 0.3) is 0 Å². The van der Waals surface area contributed by atoms with Crippen LogP contribution in [0.3, 0.4) is 0 Å². The third-order valence-corrected chi connectivity index (χ3v) is 4.96. The highest BCUT2D eigenvalue weighted by Gasteiger charge is 2.13. The monoisotopic (exact) mass is 324 g/mol. The summed E-state index contributed by atoms with van der Waals surface area (Å²) in [6, 6.07) is 9.43. The molecule has 1 aliphatic rings. The quantitative estimate of drug-likeness (QED) is 0.601. The standard InChI is InChI=1S/C15H24N4O2S/c16-15(19-10-5-2-6-11-19)17-9-12-22(20,21)18-13-14-7-3-1-4-8-14/h1,3-4,7-8,18H,2,5-6,9-13H2,(H2,16,17). The van der Waals surface area contributed by atoms with Crippen molar-refractivity contribution in [2.45, 2.75) is 25.8 Å². The Balaban J connectivity index is 1.77. The van der Waals surface area contributed by atoms with Crippen molar-refractivity contribution >= 4 is 16.0 Å². The second kappa shape index (κ2) is 8.14. The minimum atomic E-state index is -3.34. The number of nitrogens with two attached hydrogens (primary N) is 1. The van der Waals surface area contributed by atoms with Gasteiger partial charge in [0.1, 0.15) is 0 Å². The largest absolute Gasteiger partial charge is 0.370 e. The molecule has 0 unspecified atom stereocenters. The molecule has 1 fully saturated rings. The number of likely N-dealkylation sites (tertiary alicyclic amines) is 1. The number of benzene rings is 1. The Hall–Kier alpha value is -1.60. The van der Waals surface area contributed by atoms with Crippen molar-refractivity contribution in [2.24, 2.45) is 10.7 Å². The SMILES string of the molecule is NC(=NCCS(=O)(=O)NCc1ccccc1)N1CCCCC1. The smallest absolute Gasteiger partial charge is 0.213 e. The first-order valence-corrected chi connectivity index (χ1v) is 9.28. The van der Waals surface area contributed by atoms with Crippen LogP contribution in [0.4, 0.5) is 0 Å². The predicted octanol–water partition coefficient (Wildman–Crippen LogP) is 0.907. The van der Waals surface area contributed by atoms with Gasteiger partial charge in [-0.3, -0.25) is 4.99 Å². The topological polar surface area (TPSA) is 87.8 Å². The van der Waals surface area contributed by atoms with Crippen molar-refractivity contribution in [3.63, 3.8) is 0 Å². The van der Waals surface area contributed by atoms with Crippen molar-refractivity contribution in [1.82, 2.24) is 9.62 Å². The fraction of sp³-hybridized carbons (Fsp3) is 0.533. The van der Waals surface area contributed by atoms with E-state index in [-0.39, 0.29) is 12.3 Å². The van der Waals surface area contributed by atoms with Gasteiger partial charge in [-0.2, -0.15) is 0 Å². The highest BCUT2D eigenvalue weighted by atomic mass is 32.2. The maximum atomic E-state index is 11.9. The van der Waals surface area contributed by atoms with Crippen molar-refractivity contribution in [1.29, 1.82) is 0 Å². The van der Waals surface area contributed by atoms with Crippen LogP contribution in [0.15, 0.2) is 35.3 Å². The fourth-order valence-electron chi connectivity index (χ4n) is 2.36. The Morgan fingerprint density at radius 1 is 1.18 bits per heavy atom. The van der Waals surface area contributed by atoms with Gasteiger partial charge < -0.3 is 10.6 Å². The lowest BCUT2D eigenvalue weighted by Crippen LogP contribution is -2.41. The molecule has 0 atom stereocenters. The first-order valence-electron chi connectivity index (χ1n) is 7.63. The molecular formula is C15H24N4O2S. The third kappa shape index (κ3) is 5.65. The second-order valence-electron chi connectivity index (χ2n) is 5.41. The van der Waals surface area contributed by atoms with E-state index in [0.29, 0.717) is 12.5 Å². The maximum Gasteiger partial charge on any atom is 0.213 e. The summed E-state index contributed by atoms with van der Waals surface area (Å²) in [5.41, 5.74) is 6.84. The average Bonchev–Trinajstić information content (AvgIpc) is 2.55. The number of rotatable bonds is 6. The molecule has 3 N–H and O–H groups in total. The van der Waals surface area contributed by atoms with Gasteiger partial charge in [0.2, 0.25) is 10.0 Å². The number of aliphatic imine (C=N–C) groups is 1. The van der Waals surface area contributed by atoms with E-state index >= 15 is 0 Å². The lowest BCUT2D eigenvalue weighted by molar-refractivity contribution is 0.338. The lowest BCUT2D eigenvalue weighted by Gasteiger charge is -2.27. The molecular weight excluding hydrogens is 300 g/mol. The predicted molar refractivity (Wildman–Crippen MR) is 89.0 cm³/mol. The van der Waals surface area contributed by atoms with Gasteiger partial charge in [-0.25, -0.2) is 13.1 Å². The molecule has 0 saturated carbocycles. The van der Waals surface area contributed by atoms with E-state index in [1.165, 1.54) is 6.42 Å². The minimum Gasteiger partial charge on any atom is -0.370 e. The molecule has 0 bridgehead atoms. The molecule has 0 aromatic heterocycles. The van der Waals surface area contributed by atoms with E-state index in [1.54, 1.807) is 0 Å². The number of hydrogen-bond acceptors (Lipinski definition) is 3. The lowest BCUT2D eigenvalue weighted by atomic mass is 10.1. The molecule has 0 amide bonds. The number of hydrogen-bond donors (Lipinski definition) is 2. The van der Waals surface area contributed by atoms with Gasteiger partial charge in [0, 0.05) is 19.6 Å². The molecule has 1 saturated heterocycles. The molecule has 22 heavy (non-hydrogen) atoms. The first-order chi connectivity index (χ1) is 10.6. The van der Waals surface area contributed by atoms with E-state index in [2.05, 4.69) is 9.71 Å². The summed E-state index contributed by atoms with van der Waals surface area (Å²) < 4.78 is 26.4. The minimum absolute atomic E-state index is 0.0472. The highest BCUT2D eigenvalue weighted by molar-refractivity contribution is 7.89. The van der Waals surface area contributed by atoms with Crippen LogP contribution in [-0.2, 0) is 16.6 Å². The summed E-state index contributed by atoms with van der Waals surface area (Å²) in [6.45, 7) is 2.31. The summed E-state index contributed by atoms with van der Waals surface area (Å²) >= 11 is 0.